The number of rotatable bonds is 6. The number of aliphatic hydroxyl groups is 1. The molecule has 3 nitrogen and oxygen atoms in total. The third kappa shape index (κ3) is 3.75. The summed E-state index contributed by atoms with van der Waals surface area (Å²) in [6.45, 7) is -0.607. The monoisotopic (exact) mass is 232 g/mol. The van der Waals surface area contributed by atoms with Crippen molar-refractivity contribution in [2.75, 3.05) is 13.2 Å². The molecule has 0 radical (unpaired) electrons. The Kier molecular flexibility index (Phi) is 5.14. The van der Waals surface area contributed by atoms with Gasteiger partial charge in [-0.2, -0.15) is 8.78 Å². The Morgan fingerprint density at radius 2 is 2.00 bits per heavy atom. The van der Waals surface area contributed by atoms with Crippen molar-refractivity contribution in [1.82, 2.24) is 0 Å². The maximum Gasteiger partial charge on any atom is 0.387 e. The summed E-state index contributed by atoms with van der Waals surface area (Å²) in [7, 11) is 0. The van der Waals surface area contributed by atoms with Crippen LogP contribution in [0, 0.1) is 0 Å². The minimum Gasteiger partial charge on any atom is -0.434 e. The first-order valence-electron chi connectivity index (χ1n) is 4.94. The van der Waals surface area contributed by atoms with E-state index in [0.717, 1.165) is 0 Å². The Morgan fingerprint density at radius 1 is 1.31 bits per heavy atom. The lowest BCUT2D eigenvalue weighted by molar-refractivity contribution is -0.0526. The van der Waals surface area contributed by atoms with Crippen molar-refractivity contribution in [2.24, 2.45) is 0 Å². The van der Waals surface area contributed by atoms with Crippen LogP contribution in [0.3, 0.4) is 0 Å². The Labute approximate surface area is 92.6 Å². The Balaban J connectivity index is 2.76. The molecule has 1 aromatic carbocycles. The molecule has 0 heterocycles. The lowest BCUT2D eigenvalue weighted by atomic mass is 10.1. The molecule has 1 rings (SSSR count). The molecule has 90 valence electrons. The van der Waals surface area contributed by atoms with E-state index < -0.39 is 12.7 Å². The van der Waals surface area contributed by atoms with Gasteiger partial charge in [-0.15, -0.1) is 0 Å². The predicted octanol–water partition coefficient (Wildman–Crippen LogP) is 2.36. The van der Waals surface area contributed by atoms with E-state index in [9.17, 15) is 13.9 Å². The molecular weight excluding hydrogens is 218 g/mol. The number of hydrogen-bond donors (Lipinski definition) is 1. The van der Waals surface area contributed by atoms with Gasteiger partial charge in [0.15, 0.2) is 0 Å². The molecule has 0 bridgehead atoms. The summed E-state index contributed by atoms with van der Waals surface area (Å²) in [6.07, 6.45) is -0.963. The first-order chi connectivity index (χ1) is 7.65. The third-order valence-electron chi connectivity index (χ3n) is 1.97. The van der Waals surface area contributed by atoms with Crippen LogP contribution in [0.1, 0.15) is 18.6 Å². The number of aliphatic hydroxyl groups excluding tert-OH is 1. The van der Waals surface area contributed by atoms with Crippen LogP contribution in [-0.2, 0) is 4.74 Å². The molecule has 1 unspecified atom stereocenters. The van der Waals surface area contributed by atoms with E-state index >= 15 is 0 Å². The molecule has 0 aliphatic rings. The molecule has 0 amide bonds. The molecule has 0 aromatic heterocycles. The second kappa shape index (κ2) is 6.40. The molecule has 0 saturated heterocycles. The van der Waals surface area contributed by atoms with Crippen LogP contribution >= 0.6 is 0 Å². The van der Waals surface area contributed by atoms with Crippen LogP contribution in [-0.4, -0.2) is 24.9 Å². The molecule has 5 heteroatoms. The van der Waals surface area contributed by atoms with Crippen molar-refractivity contribution in [3.63, 3.8) is 0 Å². The highest BCUT2D eigenvalue weighted by atomic mass is 19.3. The van der Waals surface area contributed by atoms with Crippen LogP contribution in [0.15, 0.2) is 24.3 Å². The highest BCUT2D eigenvalue weighted by molar-refractivity contribution is 5.35. The molecule has 0 spiro atoms. The summed E-state index contributed by atoms with van der Waals surface area (Å²) in [5.74, 6) is -0.0234. The molecule has 0 fully saturated rings. The van der Waals surface area contributed by atoms with Gasteiger partial charge in [-0.1, -0.05) is 18.2 Å². The summed E-state index contributed by atoms with van der Waals surface area (Å²) in [5.41, 5.74) is 0.302. The number of alkyl halides is 2. The fraction of sp³-hybridized carbons (Fsp3) is 0.455. The second-order valence-corrected chi connectivity index (χ2v) is 3.09. The lowest BCUT2D eigenvalue weighted by Gasteiger charge is -2.15. The molecule has 1 aromatic rings. The van der Waals surface area contributed by atoms with E-state index in [4.69, 9.17) is 4.74 Å². The number of ether oxygens (including phenoxy) is 2. The fourth-order valence-electron chi connectivity index (χ4n) is 1.28. The zero-order chi connectivity index (χ0) is 12.0. The van der Waals surface area contributed by atoms with Crippen molar-refractivity contribution in [3.8, 4) is 5.75 Å². The van der Waals surface area contributed by atoms with Gasteiger partial charge >= 0.3 is 6.61 Å². The molecule has 1 N–H and O–H groups in total. The smallest absolute Gasteiger partial charge is 0.387 e. The van der Waals surface area contributed by atoms with Crippen molar-refractivity contribution in [2.45, 2.75) is 19.6 Å². The van der Waals surface area contributed by atoms with Crippen molar-refractivity contribution in [1.29, 1.82) is 0 Å². The standard InChI is InChI=1S/C11H14F2O3/c1-2-15-7-9(14)8-5-3-4-6-10(8)16-11(12)13/h3-6,9,11,14H,2,7H2,1H3. The largest absolute Gasteiger partial charge is 0.434 e. The summed E-state index contributed by atoms with van der Waals surface area (Å²) < 4.78 is 33.5. The summed E-state index contributed by atoms with van der Waals surface area (Å²) in [6, 6.07) is 6.12. The molecule has 1 atom stereocenters. The first kappa shape index (κ1) is 12.9. The SMILES string of the molecule is CCOCC(O)c1ccccc1OC(F)F. The quantitative estimate of drug-likeness (QED) is 0.818. The predicted molar refractivity (Wildman–Crippen MR) is 54.5 cm³/mol. The van der Waals surface area contributed by atoms with Crippen molar-refractivity contribution < 1.29 is 23.4 Å². The molecular formula is C11H14F2O3. The van der Waals surface area contributed by atoms with Gasteiger partial charge in [0.1, 0.15) is 11.9 Å². The van der Waals surface area contributed by atoms with Crippen LogP contribution in [0.2, 0.25) is 0 Å². The number of hydrogen-bond acceptors (Lipinski definition) is 3. The lowest BCUT2D eigenvalue weighted by Crippen LogP contribution is -2.11. The highest BCUT2D eigenvalue weighted by Crippen LogP contribution is 2.26. The van der Waals surface area contributed by atoms with E-state index in [-0.39, 0.29) is 12.4 Å². The summed E-state index contributed by atoms with van der Waals surface area (Å²) in [5, 5.41) is 9.70. The second-order valence-electron chi connectivity index (χ2n) is 3.09. The van der Waals surface area contributed by atoms with Crippen molar-refractivity contribution >= 4 is 0 Å². The minimum absolute atomic E-state index is 0.0234. The summed E-state index contributed by atoms with van der Waals surface area (Å²) >= 11 is 0. The number of benzene rings is 1. The van der Waals surface area contributed by atoms with E-state index in [1.165, 1.54) is 12.1 Å². The van der Waals surface area contributed by atoms with Crippen molar-refractivity contribution in [3.05, 3.63) is 29.8 Å². The Bertz CT molecular complexity index is 318. The Hall–Kier alpha value is -1.20. The molecule has 0 saturated carbocycles. The van der Waals surface area contributed by atoms with E-state index in [1.54, 1.807) is 19.1 Å². The molecule has 0 aliphatic carbocycles. The third-order valence-corrected chi connectivity index (χ3v) is 1.97. The average Bonchev–Trinajstić information content (AvgIpc) is 2.26. The van der Waals surface area contributed by atoms with E-state index in [1.807, 2.05) is 0 Å². The number of halogens is 2. The van der Waals surface area contributed by atoms with E-state index in [2.05, 4.69) is 4.74 Å². The van der Waals surface area contributed by atoms with Crippen LogP contribution in [0.4, 0.5) is 8.78 Å². The van der Waals surface area contributed by atoms with E-state index in [0.29, 0.717) is 12.2 Å². The maximum absolute atomic E-state index is 12.1. The van der Waals surface area contributed by atoms with Gasteiger partial charge in [0, 0.05) is 12.2 Å². The van der Waals surface area contributed by atoms with Gasteiger partial charge in [0.25, 0.3) is 0 Å². The van der Waals surface area contributed by atoms with Gasteiger partial charge in [0.2, 0.25) is 0 Å². The fourth-order valence-corrected chi connectivity index (χ4v) is 1.28. The normalized spacial score (nSPS) is 12.8. The maximum atomic E-state index is 12.1. The van der Waals surface area contributed by atoms with Gasteiger partial charge < -0.3 is 14.6 Å². The van der Waals surface area contributed by atoms with Gasteiger partial charge in [-0.25, -0.2) is 0 Å². The molecule has 0 aliphatic heterocycles. The minimum atomic E-state index is -2.90. The highest BCUT2D eigenvalue weighted by Gasteiger charge is 2.15. The average molecular weight is 232 g/mol. The van der Waals surface area contributed by atoms with Crippen LogP contribution in [0.5, 0.6) is 5.75 Å². The zero-order valence-electron chi connectivity index (χ0n) is 8.90. The van der Waals surface area contributed by atoms with Gasteiger partial charge in [0.05, 0.1) is 6.61 Å². The zero-order valence-corrected chi connectivity index (χ0v) is 8.90. The van der Waals surface area contributed by atoms with Gasteiger partial charge in [-0.3, -0.25) is 0 Å². The summed E-state index contributed by atoms with van der Waals surface area (Å²) in [4.78, 5) is 0. The Morgan fingerprint density at radius 3 is 2.62 bits per heavy atom. The van der Waals surface area contributed by atoms with Crippen LogP contribution in [0.25, 0.3) is 0 Å². The molecule has 16 heavy (non-hydrogen) atoms. The van der Waals surface area contributed by atoms with Gasteiger partial charge in [-0.05, 0) is 13.0 Å². The van der Waals surface area contributed by atoms with Crippen LogP contribution < -0.4 is 4.74 Å². The number of para-hydroxylation sites is 1. The first-order valence-corrected chi connectivity index (χ1v) is 4.94. The topological polar surface area (TPSA) is 38.7 Å².